The van der Waals surface area contributed by atoms with Crippen LogP contribution in [-0.2, 0) is 0 Å². The van der Waals surface area contributed by atoms with Crippen LogP contribution in [0.4, 0.5) is 8.78 Å². The monoisotopic (exact) mass is 269 g/mol. The molecule has 1 aromatic heterocycles. The largest absolute Gasteiger partial charge is 0.300 e. The molecule has 0 aliphatic heterocycles. The van der Waals surface area contributed by atoms with Crippen molar-refractivity contribution in [3.63, 3.8) is 0 Å². The summed E-state index contributed by atoms with van der Waals surface area (Å²) in [5.41, 5.74) is -0.157. The van der Waals surface area contributed by atoms with E-state index in [0.29, 0.717) is 0 Å². The number of hydrogen-bond donors (Lipinski definition) is 0. The van der Waals surface area contributed by atoms with Gasteiger partial charge in [-0.05, 0) is 22.0 Å². The average molecular weight is 270 g/mol. The van der Waals surface area contributed by atoms with Crippen LogP contribution in [0.15, 0.2) is 16.7 Å². The van der Waals surface area contributed by atoms with Crippen molar-refractivity contribution in [1.82, 2.24) is 4.98 Å². The van der Waals surface area contributed by atoms with Crippen LogP contribution >= 0.6 is 27.5 Å². The fraction of sp³-hybridized carbons (Fsp3) is 0.143. The van der Waals surface area contributed by atoms with Gasteiger partial charge in [0.05, 0.1) is 4.47 Å². The van der Waals surface area contributed by atoms with Crippen LogP contribution < -0.4 is 0 Å². The second-order valence-corrected chi connectivity index (χ2v) is 3.28. The molecule has 0 aliphatic rings. The molecule has 1 heterocycles. The van der Waals surface area contributed by atoms with E-state index in [0.717, 1.165) is 0 Å². The molecule has 1 aromatic rings. The van der Waals surface area contributed by atoms with Gasteiger partial charge in [-0.1, -0.05) is 11.6 Å². The second-order valence-electron chi connectivity index (χ2n) is 2.13. The van der Waals surface area contributed by atoms with E-state index in [1.165, 1.54) is 12.3 Å². The van der Waals surface area contributed by atoms with Gasteiger partial charge in [0.25, 0.3) is 0 Å². The fourth-order valence-corrected chi connectivity index (χ4v) is 1.31. The maximum absolute atomic E-state index is 12.0. The number of Topliss-reactive ketones (excluding diaryl/α,β-unsaturated/α-hetero) is 1. The maximum Gasteiger partial charge on any atom is 0.300 e. The Morgan fingerprint density at radius 3 is 2.77 bits per heavy atom. The highest BCUT2D eigenvalue weighted by molar-refractivity contribution is 9.10. The molecule has 0 unspecified atom stereocenters. The number of nitrogens with zero attached hydrogens (tertiary/aromatic N) is 1. The predicted molar refractivity (Wildman–Crippen MR) is 47.3 cm³/mol. The smallest absolute Gasteiger partial charge is 0.288 e. The molecule has 2 nitrogen and oxygen atoms in total. The Kier molecular flexibility index (Phi) is 3.33. The summed E-state index contributed by atoms with van der Waals surface area (Å²) < 4.78 is 24.1. The molecule has 0 aliphatic carbocycles. The van der Waals surface area contributed by atoms with Gasteiger partial charge >= 0.3 is 6.43 Å². The number of halogens is 4. The molecule has 0 N–H and O–H groups in total. The molecule has 6 heteroatoms. The van der Waals surface area contributed by atoms with Crippen LogP contribution in [0.25, 0.3) is 0 Å². The van der Waals surface area contributed by atoms with Gasteiger partial charge in [0.15, 0.2) is 0 Å². The average Bonchev–Trinajstić information content (AvgIpc) is 2.08. The number of ketones is 1. The van der Waals surface area contributed by atoms with Crippen molar-refractivity contribution in [2.75, 3.05) is 0 Å². The van der Waals surface area contributed by atoms with E-state index >= 15 is 0 Å². The summed E-state index contributed by atoms with van der Waals surface area (Å²) in [6.07, 6.45) is -1.84. The summed E-state index contributed by atoms with van der Waals surface area (Å²) in [7, 11) is 0. The third kappa shape index (κ3) is 2.22. The molecule has 0 saturated heterocycles. The van der Waals surface area contributed by atoms with Gasteiger partial charge in [-0.25, -0.2) is 13.8 Å². The fourth-order valence-electron chi connectivity index (χ4n) is 0.726. The van der Waals surface area contributed by atoms with Crippen molar-refractivity contribution in [3.05, 3.63) is 27.5 Å². The van der Waals surface area contributed by atoms with Gasteiger partial charge in [-0.2, -0.15) is 0 Å². The summed E-state index contributed by atoms with van der Waals surface area (Å²) in [5.74, 6) is -1.27. The van der Waals surface area contributed by atoms with E-state index in [1.54, 1.807) is 0 Å². The van der Waals surface area contributed by atoms with Gasteiger partial charge in [0, 0.05) is 11.8 Å². The van der Waals surface area contributed by atoms with Crippen molar-refractivity contribution >= 4 is 33.3 Å². The first-order chi connectivity index (χ1) is 6.04. The van der Waals surface area contributed by atoms with Crippen LogP contribution in [0.1, 0.15) is 10.4 Å². The molecule has 0 atom stereocenters. The highest BCUT2D eigenvalue weighted by Crippen LogP contribution is 2.25. The van der Waals surface area contributed by atoms with Crippen molar-refractivity contribution in [2.45, 2.75) is 6.43 Å². The maximum atomic E-state index is 12.0. The quantitative estimate of drug-likeness (QED) is 0.611. The number of rotatable bonds is 2. The van der Waals surface area contributed by atoms with E-state index in [1.807, 2.05) is 0 Å². The molecule has 1 rings (SSSR count). The molecule has 0 fully saturated rings. The van der Waals surface area contributed by atoms with E-state index < -0.39 is 12.2 Å². The summed E-state index contributed by atoms with van der Waals surface area (Å²) in [6, 6.07) is 1.18. The first kappa shape index (κ1) is 10.5. The van der Waals surface area contributed by atoms with Gasteiger partial charge in [-0.3, -0.25) is 4.79 Å². The zero-order valence-electron chi connectivity index (χ0n) is 6.10. The molecular weight excluding hydrogens is 267 g/mol. The molecule has 70 valence electrons. The number of carbonyl (C=O) groups excluding carboxylic acids is 1. The Hall–Kier alpha value is -0.550. The molecular formula is C7H3BrClF2NO. The Balaban J connectivity index is 3.15. The van der Waals surface area contributed by atoms with E-state index in [2.05, 4.69) is 20.9 Å². The zero-order chi connectivity index (χ0) is 10.0. The van der Waals surface area contributed by atoms with Crippen LogP contribution in [0.3, 0.4) is 0 Å². The lowest BCUT2D eigenvalue weighted by Gasteiger charge is -2.02. The SMILES string of the molecule is O=C(c1ccnc(Cl)c1Br)C(F)F. The van der Waals surface area contributed by atoms with Gasteiger partial charge in [0.1, 0.15) is 5.15 Å². The lowest BCUT2D eigenvalue weighted by atomic mass is 10.2. The number of aromatic nitrogens is 1. The minimum atomic E-state index is -3.03. The first-order valence-electron chi connectivity index (χ1n) is 3.16. The summed E-state index contributed by atoms with van der Waals surface area (Å²) in [5, 5.41) is -0.00787. The van der Waals surface area contributed by atoms with Gasteiger partial charge in [-0.15, -0.1) is 0 Å². The summed E-state index contributed by atoms with van der Waals surface area (Å²) >= 11 is 8.41. The molecule has 0 aromatic carbocycles. The van der Waals surface area contributed by atoms with E-state index in [4.69, 9.17) is 11.6 Å². The molecule has 0 spiro atoms. The molecule has 0 saturated carbocycles. The molecule has 0 bridgehead atoms. The second kappa shape index (κ2) is 4.11. The topological polar surface area (TPSA) is 30.0 Å². The van der Waals surface area contributed by atoms with Crippen molar-refractivity contribution in [2.24, 2.45) is 0 Å². The lowest BCUT2D eigenvalue weighted by Crippen LogP contribution is -2.11. The van der Waals surface area contributed by atoms with Gasteiger partial charge < -0.3 is 0 Å². The Morgan fingerprint density at radius 2 is 2.23 bits per heavy atom. The van der Waals surface area contributed by atoms with Crippen molar-refractivity contribution in [3.8, 4) is 0 Å². The standard InChI is InChI=1S/C7H3BrClF2NO/c8-4-3(5(13)7(10)11)1-2-12-6(4)9/h1-2,7H. The highest BCUT2D eigenvalue weighted by Gasteiger charge is 2.21. The predicted octanol–water partition coefficient (Wildman–Crippen LogP) is 2.95. The zero-order valence-corrected chi connectivity index (χ0v) is 8.44. The van der Waals surface area contributed by atoms with E-state index in [9.17, 15) is 13.6 Å². The number of alkyl halides is 2. The van der Waals surface area contributed by atoms with Crippen molar-refractivity contribution in [1.29, 1.82) is 0 Å². The van der Waals surface area contributed by atoms with Crippen molar-refractivity contribution < 1.29 is 13.6 Å². The normalized spacial score (nSPS) is 10.5. The minimum absolute atomic E-state index is 0.00787. The third-order valence-corrected chi connectivity index (χ3v) is 2.63. The minimum Gasteiger partial charge on any atom is -0.288 e. The van der Waals surface area contributed by atoms with Crippen LogP contribution in [-0.4, -0.2) is 17.2 Å². The molecule has 0 radical (unpaired) electrons. The van der Waals surface area contributed by atoms with Crippen LogP contribution in [0, 0.1) is 0 Å². The van der Waals surface area contributed by atoms with Crippen LogP contribution in [0.5, 0.6) is 0 Å². The van der Waals surface area contributed by atoms with E-state index in [-0.39, 0.29) is 15.2 Å². The van der Waals surface area contributed by atoms with Crippen LogP contribution in [0.2, 0.25) is 5.15 Å². The Labute approximate surface area is 86.0 Å². The Morgan fingerprint density at radius 1 is 1.62 bits per heavy atom. The lowest BCUT2D eigenvalue weighted by molar-refractivity contribution is 0.0678. The molecule has 0 amide bonds. The highest BCUT2D eigenvalue weighted by atomic mass is 79.9. The molecule has 13 heavy (non-hydrogen) atoms. The third-order valence-electron chi connectivity index (χ3n) is 1.31. The first-order valence-corrected chi connectivity index (χ1v) is 4.33. The summed E-state index contributed by atoms with van der Waals surface area (Å²) in [6.45, 7) is 0. The number of pyridine rings is 1. The number of carbonyl (C=O) groups is 1. The van der Waals surface area contributed by atoms with Gasteiger partial charge in [0.2, 0.25) is 5.78 Å². The number of hydrogen-bond acceptors (Lipinski definition) is 2. The Bertz CT molecular complexity index is 345. The summed E-state index contributed by atoms with van der Waals surface area (Å²) in [4.78, 5) is 14.5.